The zero-order valence-corrected chi connectivity index (χ0v) is 11.7. The standard InChI is InChI=1S/C14H21NO6/c1-20-8-4-2-7(3-5-8)10(15)14-13(19)12(18)11(17)9(6-16)21-14/h2-5,9-14,16-19H,6,15H2,1H3/t9-,10?,11-,12+,13-,14+/m1/s1. The molecule has 0 aromatic heterocycles. The maximum Gasteiger partial charge on any atom is 0.118 e. The fourth-order valence-electron chi connectivity index (χ4n) is 2.44. The van der Waals surface area contributed by atoms with Gasteiger partial charge in [0.1, 0.15) is 36.3 Å². The smallest absolute Gasteiger partial charge is 0.118 e. The molecule has 0 bridgehead atoms. The van der Waals surface area contributed by atoms with E-state index in [-0.39, 0.29) is 0 Å². The fourth-order valence-corrected chi connectivity index (χ4v) is 2.44. The predicted molar refractivity (Wildman–Crippen MR) is 73.7 cm³/mol. The van der Waals surface area contributed by atoms with Crippen LogP contribution in [-0.4, -0.2) is 64.7 Å². The lowest BCUT2D eigenvalue weighted by Gasteiger charge is -2.42. The maximum atomic E-state index is 10.0. The summed E-state index contributed by atoms with van der Waals surface area (Å²) < 4.78 is 10.5. The van der Waals surface area contributed by atoms with Crippen molar-refractivity contribution in [2.75, 3.05) is 13.7 Å². The topological polar surface area (TPSA) is 125 Å². The van der Waals surface area contributed by atoms with E-state index in [0.717, 1.165) is 0 Å². The summed E-state index contributed by atoms with van der Waals surface area (Å²) in [5.41, 5.74) is 6.76. The second-order valence-electron chi connectivity index (χ2n) is 5.09. The van der Waals surface area contributed by atoms with Gasteiger partial charge in [0.05, 0.1) is 19.8 Å². The van der Waals surface area contributed by atoms with Crippen molar-refractivity contribution in [1.29, 1.82) is 0 Å². The van der Waals surface area contributed by atoms with E-state index in [9.17, 15) is 15.3 Å². The second kappa shape index (κ2) is 6.69. The summed E-state index contributed by atoms with van der Waals surface area (Å²) in [5, 5.41) is 38.7. The molecular formula is C14H21NO6. The van der Waals surface area contributed by atoms with Gasteiger partial charge in [0.2, 0.25) is 0 Å². The van der Waals surface area contributed by atoms with Gasteiger partial charge in [-0.15, -0.1) is 0 Å². The minimum atomic E-state index is -1.43. The van der Waals surface area contributed by atoms with Crippen molar-refractivity contribution < 1.29 is 29.9 Å². The van der Waals surface area contributed by atoms with Crippen LogP contribution in [-0.2, 0) is 4.74 Å². The van der Waals surface area contributed by atoms with E-state index in [1.807, 2.05) is 0 Å². The first-order valence-corrected chi connectivity index (χ1v) is 6.69. The second-order valence-corrected chi connectivity index (χ2v) is 5.09. The van der Waals surface area contributed by atoms with Gasteiger partial charge in [-0.05, 0) is 17.7 Å². The molecule has 6 atom stereocenters. The van der Waals surface area contributed by atoms with Gasteiger partial charge in [0, 0.05) is 0 Å². The van der Waals surface area contributed by atoms with Crippen molar-refractivity contribution in [2.45, 2.75) is 36.6 Å². The molecule has 1 aliphatic heterocycles. The highest BCUT2D eigenvalue weighted by molar-refractivity contribution is 5.30. The Balaban J connectivity index is 2.18. The average molecular weight is 299 g/mol. The molecular weight excluding hydrogens is 278 g/mol. The summed E-state index contributed by atoms with van der Waals surface area (Å²) in [4.78, 5) is 0. The van der Waals surface area contributed by atoms with Gasteiger partial charge >= 0.3 is 0 Å². The molecule has 118 valence electrons. The molecule has 1 aliphatic rings. The molecule has 21 heavy (non-hydrogen) atoms. The van der Waals surface area contributed by atoms with Gasteiger partial charge in [0.15, 0.2) is 0 Å². The molecule has 1 fully saturated rings. The van der Waals surface area contributed by atoms with Crippen LogP contribution in [0.15, 0.2) is 24.3 Å². The Kier molecular flexibility index (Phi) is 5.15. The Morgan fingerprint density at radius 2 is 1.76 bits per heavy atom. The van der Waals surface area contributed by atoms with Crippen LogP contribution in [0.4, 0.5) is 0 Å². The number of aliphatic hydroxyl groups is 4. The first-order chi connectivity index (χ1) is 9.99. The molecule has 2 rings (SSSR count). The van der Waals surface area contributed by atoms with Crippen LogP contribution in [0.5, 0.6) is 5.75 Å². The third kappa shape index (κ3) is 3.18. The Morgan fingerprint density at radius 3 is 2.29 bits per heavy atom. The number of aliphatic hydroxyl groups excluding tert-OH is 4. The Bertz CT molecular complexity index is 451. The third-order valence-corrected chi connectivity index (χ3v) is 3.78. The molecule has 1 unspecified atom stereocenters. The molecule has 7 nitrogen and oxygen atoms in total. The molecule has 0 spiro atoms. The van der Waals surface area contributed by atoms with Crippen LogP contribution < -0.4 is 10.5 Å². The van der Waals surface area contributed by atoms with Crippen molar-refractivity contribution in [1.82, 2.24) is 0 Å². The van der Waals surface area contributed by atoms with E-state index in [4.69, 9.17) is 20.3 Å². The van der Waals surface area contributed by atoms with Crippen LogP contribution in [0.2, 0.25) is 0 Å². The Hall–Kier alpha value is -1.22. The predicted octanol–water partition coefficient (Wildman–Crippen LogP) is -1.46. The van der Waals surface area contributed by atoms with E-state index in [1.165, 1.54) is 0 Å². The van der Waals surface area contributed by atoms with E-state index in [2.05, 4.69) is 0 Å². The molecule has 1 aromatic rings. The summed E-state index contributed by atoms with van der Waals surface area (Å²) in [5.74, 6) is 0.666. The van der Waals surface area contributed by atoms with Crippen LogP contribution in [0.1, 0.15) is 11.6 Å². The number of benzene rings is 1. The molecule has 6 N–H and O–H groups in total. The number of hydrogen-bond donors (Lipinski definition) is 5. The Labute approximate surface area is 122 Å². The molecule has 1 heterocycles. The summed E-state index contributed by atoms with van der Waals surface area (Å²) in [7, 11) is 1.55. The molecule has 0 radical (unpaired) electrons. The van der Waals surface area contributed by atoms with Gasteiger partial charge < -0.3 is 35.6 Å². The molecule has 0 saturated carbocycles. The first kappa shape index (κ1) is 16.2. The van der Waals surface area contributed by atoms with Crippen molar-refractivity contribution in [2.24, 2.45) is 5.73 Å². The molecule has 1 aromatic carbocycles. The lowest BCUT2D eigenvalue weighted by atomic mass is 9.89. The van der Waals surface area contributed by atoms with E-state index in [0.29, 0.717) is 11.3 Å². The number of nitrogens with two attached hydrogens (primary N) is 1. The molecule has 0 amide bonds. The SMILES string of the molecule is COc1ccc(C(N)[C@@H]2O[C@H](CO)[C@@H](O)[C@H](O)[C@H]2O)cc1. The highest BCUT2D eigenvalue weighted by Gasteiger charge is 2.45. The zero-order valence-electron chi connectivity index (χ0n) is 11.7. The van der Waals surface area contributed by atoms with E-state index in [1.54, 1.807) is 31.4 Å². The number of ether oxygens (including phenoxy) is 2. The van der Waals surface area contributed by atoms with Crippen LogP contribution >= 0.6 is 0 Å². The third-order valence-electron chi connectivity index (χ3n) is 3.78. The number of methoxy groups -OCH3 is 1. The summed E-state index contributed by atoms with van der Waals surface area (Å²) in [6.07, 6.45) is -6.05. The quantitative estimate of drug-likeness (QED) is 0.460. The summed E-state index contributed by atoms with van der Waals surface area (Å²) in [6, 6.07) is 6.18. The minimum Gasteiger partial charge on any atom is -0.497 e. The van der Waals surface area contributed by atoms with Gasteiger partial charge in [-0.1, -0.05) is 12.1 Å². The fraction of sp³-hybridized carbons (Fsp3) is 0.571. The van der Waals surface area contributed by atoms with E-state index >= 15 is 0 Å². The van der Waals surface area contributed by atoms with Crippen molar-refractivity contribution >= 4 is 0 Å². The van der Waals surface area contributed by atoms with Gasteiger partial charge in [-0.2, -0.15) is 0 Å². The van der Waals surface area contributed by atoms with Crippen LogP contribution in [0, 0.1) is 0 Å². The lowest BCUT2D eigenvalue weighted by molar-refractivity contribution is -0.234. The van der Waals surface area contributed by atoms with Crippen LogP contribution in [0.25, 0.3) is 0 Å². The van der Waals surface area contributed by atoms with Gasteiger partial charge in [-0.3, -0.25) is 0 Å². The first-order valence-electron chi connectivity index (χ1n) is 6.69. The molecule has 1 saturated heterocycles. The summed E-state index contributed by atoms with van der Waals surface area (Å²) >= 11 is 0. The monoisotopic (exact) mass is 299 g/mol. The van der Waals surface area contributed by atoms with Crippen molar-refractivity contribution in [3.63, 3.8) is 0 Å². The molecule has 7 heteroatoms. The van der Waals surface area contributed by atoms with Crippen molar-refractivity contribution in [3.05, 3.63) is 29.8 Å². The lowest BCUT2D eigenvalue weighted by Crippen LogP contribution is -2.60. The highest BCUT2D eigenvalue weighted by Crippen LogP contribution is 2.29. The van der Waals surface area contributed by atoms with E-state index < -0.39 is 43.2 Å². The largest absolute Gasteiger partial charge is 0.497 e. The van der Waals surface area contributed by atoms with Gasteiger partial charge in [-0.25, -0.2) is 0 Å². The molecule has 0 aliphatic carbocycles. The zero-order chi connectivity index (χ0) is 15.6. The highest BCUT2D eigenvalue weighted by atomic mass is 16.5. The minimum absolute atomic E-state index is 0.475. The Morgan fingerprint density at radius 1 is 1.14 bits per heavy atom. The number of rotatable bonds is 4. The van der Waals surface area contributed by atoms with Crippen LogP contribution in [0.3, 0.4) is 0 Å². The number of hydrogen-bond acceptors (Lipinski definition) is 7. The summed E-state index contributed by atoms with van der Waals surface area (Å²) in [6.45, 7) is -0.475. The average Bonchev–Trinajstić information content (AvgIpc) is 2.52. The van der Waals surface area contributed by atoms with Crippen molar-refractivity contribution in [3.8, 4) is 5.75 Å². The normalized spacial score (nSPS) is 34.5. The maximum absolute atomic E-state index is 10.0. The van der Waals surface area contributed by atoms with Gasteiger partial charge in [0.25, 0.3) is 0 Å².